The van der Waals surface area contributed by atoms with Crippen LogP contribution in [0.1, 0.15) is 34.8 Å². The second-order valence-corrected chi connectivity index (χ2v) is 9.00. The van der Waals surface area contributed by atoms with Crippen LogP contribution < -0.4 is 5.73 Å². The Bertz CT molecular complexity index is 1210. The molecule has 1 aromatic rings. The molecule has 0 heterocycles. The number of ketones is 3. The third-order valence-corrected chi connectivity index (χ3v) is 6.98. The third kappa shape index (κ3) is 2.87. The van der Waals surface area contributed by atoms with Crippen LogP contribution in [0.25, 0.3) is 5.76 Å². The lowest BCUT2D eigenvalue weighted by Gasteiger charge is -2.50. The second kappa shape index (κ2) is 7.26. The van der Waals surface area contributed by atoms with Crippen molar-refractivity contribution in [1.29, 1.82) is 0 Å². The monoisotopic (exact) mass is 456 g/mol. The molecule has 1 saturated carbocycles. The lowest BCUT2D eigenvalue weighted by Crippen LogP contribution is -2.65. The Hall–Kier alpha value is -3.50. The van der Waals surface area contributed by atoms with Gasteiger partial charge >= 0.3 is 0 Å². The van der Waals surface area contributed by atoms with Gasteiger partial charge in [-0.05, 0) is 57.5 Å². The van der Waals surface area contributed by atoms with Crippen molar-refractivity contribution in [2.24, 2.45) is 17.6 Å². The van der Waals surface area contributed by atoms with Gasteiger partial charge in [-0.1, -0.05) is 0 Å². The number of Topliss-reactive ketones (excluding diaryl/α,β-unsaturated/α-hetero) is 3. The summed E-state index contributed by atoms with van der Waals surface area (Å²) in [5, 5.41) is 43.6. The van der Waals surface area contributed by atoms with Crippen molar-refractivity contribution in [2.75, 3.05) is 14.1 Å². The number of fused-ring (bicyclic) bond motifs is 3. The van der Waals surface area contributed by atoms with Crippen molar-refractivity contribution in [3.63, 3.8) is 0 Å². The van der Waals surface area contributed by atoms with Crippen LogP contribution in [-0.4, -0.2) is 74.3 Å². The van der Waals surface area contributed by atoms with Crippen LogP contribution in [0.4, 0.5) is 0 Å². The topological polar surface area (TPSA) is 178 Å². The lowest BCUT2D eigenvalue weighted by atomic mass is 9.57. The molecule has 4 unspecified atom stereocenters. The van der Waals surface area contributed by atoms with E-state index in [9.17, 15) is 39.6 Å². The van der Waals surface area contributed by atoms with E-state index in [1.165, 1.54) is 38.1 Å². The Morgan fingerprint density at radius 3 is 2.33 bits per heavy atom. The van der Waals surface area contributed by atoms with E-state index in [4.69, 9.17) is 5.73 Å². The molecular weight excluding hydrogens is 432 g/mol. The zero-order valence-electron chi connectivity index (χ0n) is 18.2. The predicted molar refractivity (Wildman–Crippen MR) is 114 cm³/mol. The number of carbonyl (C=O) groups is 4. The highest BCUT2D eigenvalue weighted by molar-refractivity contribution is 6.24. The Balaban J connectivity index is 2.00. The maximum Gasteiger partial charge on any atom is 0.255 e. The van der Waals surface area contributed by atoms with Crippen molar-refractivity contribution >= 4 is 29.0 Å². The van der Waals surface area contributed by atoms with E-state index in [0.29, 0.717) is 5.56 Å². The Morgan fingerprint density at radius 1 is 1.15 bits per heavy atom. The molecule has 0 aromatic heterocycles. The van der Waals surface area contributed by atoms with Gasteiger partial charge < -0.3 is 26.2 Å². The van der Waals surface area contributed by atoms with Crippen LogP contribution in [0.15, 0.2) is 29.0 Å². The first-order chi connectivity index (χ1) is 15.3. The maximum absolute atomic E-state index is 13.6. The molecular formula is C23H24N2O8. The van der Waals surface area contributed by atoms with Crippen molar-refractivity contribution in [3.05, 3.63) is 45.7 Å². The first-order valence-corrected chi connectivity index (χ1v) is 10.3. The van der Waals surface area contributed by atoms with Gasteiger partial charge in [-0.25, -0.2) is 0 Å². The SMILES string of the molecule is CC(=O)c1ccc(O)c2c1CC1CC3C(N(C)C)C(=O)C(C(N)=O)=C(O)C3(O)C(=O)C1=C2O. The van der Waals surface area contributed by atoms with Crippen molar-refractivity contribution in [1.82, 2.24) is 4.90 Å². The molecule has 1 fully saturated rings. The van der Waals surface area contributed by atoms with E-state index in [2.05, 4.69) is 0 Å². The fraction of sp³-hybridized carbons (Fsp3) is 0.391. The highest BCUT2D eigenvalue weighted by Crippen LogP contribution is 2.52. The number of hydrogen-bond acceptors (Lipinski definition) is 9. The molecule has 0 spiro atoms. The van der Waals surface area contributed by atoms with Gasteiger partial charge in [0.15, 0.2) is 17.2 Å². The largest absolute Gasteiger partial charge is 0.508 e. The molecule has 3 aliphatic carbocycles. The lowest BCUT2D eigenvalue weighted by molar-refractivity contribution is -0.153. The number of nitrogens with zero attached hydrogens (tertiary/aromatic N) is 1. The van der Waals surface area contributed by atoms with Crippen LogP contribution in [0.2, 0.25) is 0 Å². The summed E-state index contributed by atoms with van der Waals surface area (Å²) < 4.78 is 0. The summed E-state index contributed by atoms with van der Waals surface area (Å²) in [4.78, 5) is 52.2. The average molecular weight is 456 g/mol. The van der Waals surface area contributed by atoms with Gasteiger partial charge in [-0.15, -0.1) is 0 Å². The van der Waals surface area contributed by atoms with E-state index in [-0.39, 0.29) is 41.1 Å². The predicted octanol–water partition coefficient (Wildman–Crippen LogP) is 0.167. The minimum absolute atomic E-state index is 0.0290. The number of nitrogens with two attached hydrogens (primary N) is 1. The molecule has 6 N–H and O–H groups in total. The number of aromatic hydroxyl groups is 1. The van der Waals surface area contributed by atoms with E-state index in [1.807, 2.05) is 0 Å². The number of phenols is 1. The summed E-state index contributed by atoms with van der Waals surface area (Å²) in [6.45, 7) is 1.34. The normalized spacial score (nSPS) is 29.1. The highest BCUT2D eigenvalue weighted by Gasteiger charge is 2.64. The molecule has 0 radical (unpaired) electrons. The Morgan fingerprint density at radius 2 is 1.79 bits per heavy atom. The summed E-state index contributed by atoms with van der Waals surface area (Å²) in [6, 6.07) is 1.50. The van der Waals surface area contributed by atoms with Crippen molar-refractivity contribution < 1.29 is 39.6 Å². The van der Waals surface area contributed by atoms with Crippen LogP contribution in [0.5, 0.6) is 5.75 Å². The summed E-state index contributed by atoms with van der Waals surface area (Å²) in [5.41, 5.74) is 2.01. The Labute approximate surface area is 188 Å². The quantitative estimate of drug-likeness (QED) is 0.313. The van der Waals surface area contributed by atoms with Crippen LogP contribution in [0.3, 0.4) is 0 Å². The molecule has 3 aliphatic rings. The molecule has 4 rings (SSSR count). The summed E-state index contributed by atoms with van der Waals surface area (Å²) >= 11 is 0. The molecule has 10 heteroatoms. The summed E-state index contributed by atoms with van der Waals surface area (Å²) in [5.74, 6) is -7.48. The molecule has 0 saturated heterocycles. The van der Waals surface area contributed by atoms with Gasteiger partial charge in [-0.3, -0.25) is 24.1 Å². The van der Waals surface area contributed by atoms with Gasteiger partial charge in [0, 0.05) is 17.1 Å². The number of phenolic OH excluding ortho intramolecular Hbond substituents is 1. The van der Waals surface area contributed by atoms with Gasteiger partial charge in [0.2, 0.25) is 5.78 Å². The molecule has 1 amide bonds. The van der Waals surface area contributed by atoms with Crippen molar-refractivity contribution in [3.8, 4) is 5.75 Å². The number of benzene rings is 1. The number of likely N-dealkylation sites (N-methyl/N-ethyl adjacent to an activating group) is 1. The average Bonchev–Trinajstić information content (AvgIpc) is 2.70. The number of rotatable bonds is 3. The number of amides is 1. The molecule has 0 aliphatic heterocycles. The number of primary amides is 1. The number of aliphatic hydroxyl groups is 3. The fourth-order valence-corrected chi connectivity index (χ4v) is 5.57. The third-order valence-electron chi connectivity index (χ3n) is 6.98. The molecule has 1 aromatic carbocycles. The number of carbonyl (C=O) groups excluding carboxylic acids is 4. The second-order valence-electron chi connectivity index (χ2n) is 9.00. The summed E-state index contributed by atoms with van der Waals surface area (Å²) in [7, 11) is 3.05. The zero-order valence-corrected chi connectivity index (χ0v) is 18.2. The fourth-order valence-electron chi connectivity index (χ4n) is 5.57. The molecule has 0 bridgehead atoms. The summed E-state index contributed by atoms with van der Waals surface area (Å²) in [6.07, 6.45) is 0.0522. The van der Waals surface area contributed by atoms with Crippen molar-refractivity contribution in [2.45, 2.75) is 31.4 Å². The zero-order chi connectivity index (χ0) is 24.6. The number of hydrogen-bond donors (Lipinski definition) is 5. The van der Waals surface area contributed by atoms with Gasteiger partial charge in [-0.2, -0.15) is 0 Å². The highest BCUT2D eigenvalue weighted by atomic mass is 16.3. The Kier molecular flexibility index (Phi) is 4.99. The van der Waals surface area contributed by atoms with E-state index in [0.717, 1.165) is 0 Å². The molecule has 4 atom stereocenters. The van der Waals surface area contributed by atoms with Gasteiger partial charge in [0.1, 0.15) is 22.8 Å². The van der Waals surface area contributed by atoms with E-state index >= 15 is 0 Å². The first kappa shape index (κ1) is 22.7. The molecule has 174 valence electrons. The van der Waals surface area contributed by atoms with E-state index < -0.39 is 58.0 Å². The standard InChI is InChI=1S/C23H24N2O8/c1-8(26)10-4-5-13(27)15-11(10)6-9-7-12-17(25(2)3)19(29)16(22(24)32)21(31)23(12,33)20(30)14(9)18(15)28/h4-5,9,12,17,27-28,31,33H,6-7H2,1-3H3,(H2,24,32). The molecule has 33 heavy (non-hydrogen) atoms. The maximum atomic E-state index is 13.6. The smallest absolute Gasteiger partial charge is 0.255 e. The van der Waals surface area contributed by atoms with Crippen LogP contribution in [-0.2, 0) is 20.8 Å². The number of aliphatic hydroxyl groups excluding tert-OH is 2. The van der Waals surface area contributed by atoms with E-state index in [1.54, 1.807) is 0 Å². The first-order valence-electron chi connectivity index (χ1n) is 10.3. The van der Waals surface area contributed by atoms with Gasteiger partial charge in [0.05, 0.1) is 11.6 Å². The van der Waals surface area contributed by atoms with Gasteiger partial charge in [0.25, 0.3) is 5.91 Å². The van der Waals surface area contributed by atoms with Crippen LogP contribution >= 0.6 is 0 Å². The minimum atomic E-state index is -2.68. The molecule has 10 nitrogen and oxygen atoms in total. The minimum Gasteiger partial charge on any atom is -0.508 e. The van der Waals surface area contributed by atoms with Crippen LogP contribution in [0, 0.1) is 11.8 Å².